The van der Waals surface area contributed by atoms with Crippen molar-refractivity contribution in [3.05, 3.63) is 64.2 Å². The molecule has 0 spiro atoms. The van der Waals surface area contributed by atoms with E-state index in [4.69, 9.17) is 16.3 Å². The molecule has 1 fully saturated rings. The lowest BCUT2D eigenvalue weighted by Crippen LogP contribution is -2.37. The number of likely N-dealkylation sites (tertiary alicyclic amines) is 1. The summed E-state index contributed by atoms with van der Waals surface area (Å²) >= 11 is 6.01. The highest BCUT2D eigenvalue weighted by Crippen LogP contribution is 2.31. The summed E-state index contributed by atoms with van der Waals surface area (Å²) in [6.07, 6.45) is 2.68. The summed E-state index contributed by atoms with van der Waals surface area (Å²) in [6, 6.07) is 14.0. The maximum atomic E-state index is 12.5. The van der Waals surface area contributed by atoms with E-state index in [1.165, 1.54) is 31.5 Å². The normalized spacial score (nSPS) is 19.9. The number of nitrogens with zero attached hydrogens (tertiary/aromatic N) is 1. The summed E-state index contributed by atoms with van der Waals surface area (Å²) < 4.78 is 5.75. The van der Waals surface area contributed by atoms with Crippen molar-refractivity contribution in [2.24, 2.45) is 5.92 Å². The Labute approximate surface area is 171 Å². The zero-order valence-corrected chi connectivity index (χ0v) is 17.0. The lowest BCUT2D eigenvalue weighted by Gasteiger charge is -2.30. The van der Waals surface area contributed by atoms with Crippen molar-refractivity contribution in [2.45, 2.75) is 45.4 Å². The van der Waals surface area contributed by atoms with Crippen molar-refractivity contribution >= 4 is 17.5 Å². The first-order chi connectivity index (χ1) is 13.6. The number of benzene rings is 2. The minimum absolute atomic E-state index is 0.0844. The number of hydrogen-bond acceptors (Lipinski definition) is 3. The van der Waals surface area contributed by atoms with Gasteiger partial charge in [0, 0.05) is 24.5 Å². The predicted octanol–water partition coefficient (Wildman–Crippen LogP) is 4.19. The molecule has 0 aliphatic carbocycles. The summed E-state index contributed by atoms with van der Waals surface area (Å²) in [6.45, 7) is 6.24. The molecule has 0 bridgehead atoms. The monoisotopic (exact) mass is 398 g/mol. The van der Waals surface area contributed by atoms with E-state index in [1.54, 1.807) is 6.07 Å². The fourth-order valence-corrected chi connectivity index (χ4v) is 4.10. The van der Waals surface area contributed by atoms with E-state index in [0.717, 1.165) is 29.3 Å². The van der Waals surface area contributed by atoms with E-state index in [-0.39, 0.29) is 5.91 Å². The van der Waals surface area contributed by atoms with Crippen LogP contribution >= 0.6 is 11.6 Å². The first-order valence-corrected chi connectivity index (χ1v) is 10.5. The standard InChI is InChI=1S/C23H27ClN2O2/c1-16-8-10-26(11-9-16)15-18-4-2-17(3-5-18)14-25-23(27)22-13-19-12-20(24)6-7-21(19)28-22/h2-7,12,16,22H,8-11,13-15H2,1H3,(H,25,27)/t22-/m0/s1. The van der Waals surface area contributed by atoms with Crippen LogP contribution in [0.15, 0.2) is 42.5 Å². The van der Waals surface area contributed by atoms with Gasteiger partial charge in [0.2, 0.25) is 0 Å². The van der Waals surface area contributed by atoms with Gasteiger partial charge in [-0.2, -0.15) is 0 Å². The average Bonchev–Trinajstić information content (AvgIpc) is 3.12. The Morgan fingerprint density at radius 2 is 1.86 bits per heavy atom. The van der Waals surface area contributed by atoms with E-state index in [2.05, 4.69) is 41.4 Å². The molecule has 0 radical (unpaired) electrons. The largest absolute Gasteiger partial charge is 0.480 e. The fraction of sp³-hybridized carbons (Fsp3) is 0.435. The Balaban J connectivity index is 1.25. The maximum Gasteiger partial charge on any atom is 0.261 e. The molecule has 2 aromatic carbocycles. The van der Waals surface area contributed by atoms with Gasteiger partial charge < -0.3 is 10.1 Å². The number of ether oxygens (including phenoxy) is 1. The van der Waals surface area contributed by atoms with Gasteiger partial charge in [0.25, 0.3) is 5.91 Å². The molecule has 2 aliphatic rings. The van der Waals surface area contributed by atoms with Crippen LogP contribution in [0.5, 0.6) is 5.75 Å². The number of carbonyl (C=O) groups excluding carboxylic acids is 1. The van der Waals surface area contributed by atoms with Gasteiger partial charge in [-0.1, -0.05) is 42.8 Å². The molecule has 0 saturated carbocycles. The van der Waals surface area contributed by atoms with Crippen molar-refractivity contribution in [3.63, 3.8) is 0 Å². The molecule has 0 aromatic heterocycles. The minimum Gasteiger partial charge on any atom is -0.480 e. The van der Waals surface area contributed by atoms with E-state index >= 15 is 0 Å². The number of hydrogen-bond donors (Lipinski definition) is 1. The maximum absolute atomic E-state index is 12.5. The number of carbonyl (C=O) groups is 1. The minimum atomic E-state index is -0.478. The molecule has 2 aromatic rings. The first-order valence-electron chi connectivity index (χ1n) is 10.1. The molecule has 148 valence electrons. The molecule has 4 rings (SSSR count). The highest BCUT2D eigenvalue weighted by atomic mass is 35.5. The Morgan fingerprint density at radius 3 is 2.61 bits per heavy atom. The van der Waals surface area contributed by atoms with Crippen molar-refractivity contribution in [3.8, 4) is 5.75 Å². The lowest BCUT2D eigenvalue weighted by molar-refractivity contribution is -0.127. The summed E-state index contributed by atoms with van der Waals surface area (Å²) in [7, 11) is 0. The SMILES string of the molecule is CC1CCN(Cc2ccc(CNC(=O)[C@@H]3Cc4cc(Cl)ccc4O3)cc2)CC1. The van der Waals surface area contributed by atoms with Crippen LogP contribution < -0.4 is 10.1 Å². The van der Waals surface area contributed by atoms with Crippen LogP contribution in [-0.4, -0.2) is 30.0 Å². The van der Waals surface area contributed by atoms with Gasteiger partial charge in [-0.15, -0.1) is 0 Å². The molecule has 28 heavy (non-hydrogen) atoms. The molecule has 1 saturated heterocycles. The second kappa shape index (κ2) is 8.54. The van der Waals surface area contributed by atoms with Crippen molar-refractivity contribution in [1.29, 1.82) is 0 Å². The zero-order valence-electron chi connectivity index (χ0n) is 16.3. The first kappa shape index (κ1) is 19.3. The Morgan fingerprint density at radius 1 is 1.14 bits per heavy atom. The zero-order chi connectivity index (χ0) is 19.5. The van der Waals surface area contributed by atoms with Gasteiger partial charge in [-0.25, -0.2) is 0 Å². The quantitative estimate of drug-likeness (QED) is 0.820. The van der Waals surface area contributed by atoms with Crippen molar-refractivity contribution in [2.75, 3.05) is 13.1 Å². The van der Waals surface area contributed by atoms with Crippen LogP contribution in [-0.2, 0) is 24.3 Å². The van der Waals surface area contributed by atoms with E-state index in [9.17, 15) is 4.79 Å². The molecular formula is C23H27ClN2O2. The van der Waals surface area contributed by atoms with E-state index in [0.29, 0.717) is 18.0 Å². The number of amides is 1. The van der Waals surface area contributed by atoms with Gasteiger partial charge in [0.05, 0.1) is 0 Å². The van der Waals surface area contributed by atoms with Crippen LogP contribution in [0.4, 0.5) is 0 Å². The number of piperidine rings is 1. The third-order valence-electron chi connectivity index (χ3n) is 5.76. The smallest absolute Gasteiger partial charge is 0.261 e. The second-order valence-electron chi connectivity index (χ2n) is 8.06. The number of fused-ring (bicyclic) bond motifs is 1. The molecule has 5 heteroatoms. The van der Waals surface area contributed by atoms with Crippen LogP contribution in [0.1, 0.15) is 36.5 Å². The van der Waals surface area contributed by atoms with Gasteiger partial charge in [0.15, 0.2) is 6.10 Å². The summed E-state index contributed by atoms with van der Waals surface area (Å²) in [5.41, 5.74) is 3.42. The van der Waals surface area contributed by atoms with Gasteiger partial charge in [-0.05, 0) is 66.7 Å². The molecule has 1 N–H and O–H groups in total. The highest BCUT2D eigenvalue weighted by molar-refractivity contribution is 6.30. The Hall–Kier alpha value is -2.04. The van der Waals surface area contributed by atoms with Gasteiger partial charge in [0.1, 0.15) is 5.75 Å². The number of nitrogens with one attached hydrogen (secondary N) is 1. The molecule has 4 nitrogen and oxygen atoms in total. The Kier molecular flexibility index (Phi) is 5.88. The summed E-state index contributed by atoms with van der Waals surface area (Å²) in [4.78, 5) is 15.0. The van der Waals surface area contributed by atoms with Crippen LogP contribution in [0.25, 0.3) is 0 Å². The van der Waals surface area contributed by atoms with E-state index in [1.807, 2.05) is 12.1 Å². The van der Waals surface area contributed by atoms with Gasteiger partial charge in [-0.3, -0.25) is 9.69 Å². The molecule has 2 aliphatic heterocycles. The highest BCUT2D eigenvalue weighted by Gasteiger charge is 2.29. The number of rotatable bonds is 5. The van der Waals surface area contributed by atoms with Crippen molar-refractivity contribution in [1.82, 2.24) is 10.2 Å². The van der Waals surface area contributed by atoms with E-state index < -0.39 is 6.10 Å². The van der Waals surface area contributed by atoms with Crippen LogP contribution in [0.2, 0.25) is 5.02 Å². The topological polar surface area (TPSA) is 41.6 Å². The van der Waals surface area contributed by atoms with Crippen molar-refractivity contribution < 1.29 is 9.53 Å². The Bertz CT molecular complexity index is 829. The third-order valence-corrected chi connectivity index (χ3v) is 6.00. The molecular weight excluding hydrogens is 372 g/mol. The average molecular weight is 399 g/mol. The third kappa shape index (κ3) is 4.68. The second-order valence-corrected chi connectivity index (χ2v) is 8.49. The van der Waals surface area contributed by atoms with Crippen LogP contribution in [0, 0.1) is 5.92 Å². The fourth-order valence-electron chi connectivity index (χ4n) is 3.91. The predicted molar refractivity (Wildman–Crippen MR) is 112 cm³/mol. The number of halogens is 1. The van der Waals surface area contributed by atoms with Gasteiger partial charge >= 0.3 is 0 Å². The molecule has 1 atom stereocenters. The summed E-state index contributed by atoms with van der Waals surface area (Å²) in [5, 5.41) is 3.66. The molecule has 0 unspecified atom stereocenters. The molecule has 1 amide bonds. The lowest BCUT2D eigenvalue weighted by atomic mass is 9.99. The van der Waals surface area contributed by atoms with Crippen LogP contribution in [0.3, 0.4) is 0 Å². The summed E-state index contributed by atoms with van der Waals surface area (Å²) in [5.74, 6) is 1.52. The molecule has 2 heterocycles.